The first-order valence-corrected chi connectivity index (χ1v) is 4.62. The van der Waals surface area contributed by atoms with E-state index in [0.717, 1.165) is 0 Å². The van der Waals surface area contributed by atoms with Gasteiger partial charge in [0, 0.05) is 0 Å². The molecule has 0 heterocycles. The number of hydrogen-bond donors (Lipinski definition) is 1. The number of halogens is 2. The zero-order valence-corrected chi connectivity index (χ0v) is 10.1. The van der Waals surface area contributed by atoms with E-state index in [1.165, 1.54) is 0 Å². The second-order valence-electron chi connectivity index (χ2n) is 2.61. The Morgan fingerprint density at radius 2 is 1.12 bits per heavy atom. The van der Waals surface area contributed by atoms with E-state index in [2.05, 4.69) is 0 Å². The highest BCUT2D eigenvalue weighted by atomic mass is 35.5. The van der Waals surface area contributed by atoms with Crippen LogP contribution < -0.4 is 0 Å². The minimum Gasteiger partial charge on any atom is -0.506 e. The molecule has 0 saturated carbocycles. The van der Waals surface area contributed by atoms with Crippen LogP contribution in [0.15, 0.2) is 60.7 Å². The molecule has 0 radical (unpaired) electrons. The molecule has 2 nitrogen and oxygen atoms in total. The molecule has 16 heavy (non-hydrogen) atoms. The molecule has 2 rings (SSSR count). The van der Waals surface area contributed by atoms with E-state index in [1.54, 1.807) is 24.3 Å². The highest BCUT2D eigenvalue weighted by molar-refractivity contribution is 6.31. The Labute approximate surface area is 106 Å². The van der Waals surface area contributed by atoms with Crippen molar-refractivity contribution in [3.63, 3.8) is 0 Å². The van der Waals surface area contributed by atoms with E-state index >= 15 is 0 Å². The molecule has 0 spiro atoms. The predicted molar refractivity (Wildman–Crippen MR) is 70.4 cm³/mol. The third-order valence-corrected chi connectivity index (χ3v) is 1.84. The molecule has 0 unspecified atom stereocenters. The van der Waals surface area contributed by atoms with Crippen LogP contribution in [-0.4, -0.2) is 10.6 Å². The number of benzene rings is 2. The summed E-state index contributed by atoms with van der Waals surface area (Å²) in [7, 11) is 0. The number of aromatic hydroxyl groups is 1. The van der Waals surface area contributed by atoms with Crippen LogP contribution in [0, 0.1) is 0 Å². The number of rotatable bonds is 0. The number of para-hydroxylation sites is 1. The maximum atomic E-state index is 8.79. The van der Waals surface area contributed by atoms with Crippen molar-refractivity contribution in [2.24, 2.45) is 0 Å². The smallest absolute Gasteiger partial charge is 0.134 e. The van der Waals surface area contributed by atoms with E-state index in [0.29, 0.717) is 5.02 Å². The Hall–Kier alpha value is -1.22. The van der Waals surface area contributed by atoms with Gasteiger partial charge in [-0.3, -0.25) is 0 Å². The number of phenols is 1. The Balaban J connectivity index is 0. The molecule has 2 aromatic rings. The van der Waals surface area contributed by atoms with Gasteiger partial charge in [0.15, 0.2) is 0 Å². The van der Waals surface area contributed by atoms with Crippen LogP contribution in [-0.2, 0) is 0 Å². The summed E-state index contributed by atoms with van der Waals surface area (Å²) in [6, 6.07) is 18.7. The summed E-state index contributed by atoms with van der Waals surface area (Å²) >= 11 is 5.46. The first-order chi connectivity index (χ1) is 6.80. The fourth-order valence-corrected chi connectivity index (χ4v) is 0.972. The average Bonchev–Trinajstić information content (AvgIpc) is 2.26. The monoisotopic (exact) mass is 260 g/mol. The topological polar surface area (TPSA) is 51.7 Å². The standard InChI is InChI=1S/C6H5ClO.C6H6.ClH.H2O/c7-5-3-1-2-4-6(5)8;1-2-4-6-5-3-1;;/h1-4,8H;1-6H;1H;1H2. The molecule has 0 fully saturated rings. The molecule has 0 aliphatic heterocycles. The Morgan fingerprint density at radius 1 is 0.750 bits per heavy atom. The van der Waals surface area contributed by atoms with Crippen LogP contribution in [0.25, 0.3) is 0 Å². The molecule has 0 amide bonds. The predicted octanol–water partition coefficient (Wildman–Crippen LogP) is 3.33. The zero-order chi connectivity index (χ0) is 10.2. The zero-order valence-electron chi connectivity index (χ0n) is 8.51. The van der Waals surface area contributed by atoms with Crippen LogP contribution in [0.2, 0.25) is 5.02 Å². The third-order valence-electron chi connectivity index (χ3n) is 1.52. The molecule has 2 aromatic carbocycles. The fraction of sp³-hybridized carbons (Fsp3) is 0. The molecule has 0 aliphatic carbocycles. The van der Waals surface area contributed by atoms with Crippen LogP contribution >= 0.6 is 24.0 Å². The first-order valence-electron chi connectivity index (χ1n) is 4.24. The second kappa shape index (κ2) is 10.3. The van der Waals surface area contributed by atoms with Crippen molar-refractivity contribution in [3.8, 4) is 5.75 Å². The van der Waals surface area contributed by atoms with Crippen molar-refractivity contribution in [1.82, 2.24) is 0 Å². The van der Waals surface area contributed by atoms with Gasteiger partial charge in [-0.2, -0.15) is 0 Å². The fourth-order valence-electron chi connectivity index (χ4n) is 0.837. The van der Waals surface area contributed by atoms with Gasteiger partial charge < -0.3 is 10.6 Å². The summed E-state index contributed by atoms with van der Waals surface area (Å²) < 4.78 is 0. The SMILES string of the molecule is Cl.O.Oc1ccccc1Cl.c1ccccc1. The molecule has 0 atom stereocenters. The van der Waals surface area contributed by atoms with Crippen LogP contribution in [0.1, 0.15) is 0 Å². The van der Waals surface area contributed by atoms with Gasteiger partial charge in [0.1, 0.15) is 5.75 Å². The molecule has 88 valence electrons. The minimum absolute atomic E-state index is 0. The third kappa shape index (κ3) is 7.12. The van der Waals surface area contributed by atoms with Crippen LogP contribution in [0.4, 0.5) is 0 Å². The summed E-state index contributed by atoms with van der Waals surface area (Å²) in [6.07, 6.45) is 0. The molecule has 3 N–H and O–H groups in total. The summed E-state index contributed by atoms with van der Waals surface area (Å²) in [4.78, 5) is 0. The van der Waals surface area contributed by atoms with Gasteiger partial charge in [-0.15, -0.1) is 12.4 Å². The quantitative estimate of drug-likeness (QED) is 0.776. The van der Waals surface area contributed by atoms with E-state index in [-0.39, 0.29) is 23.6 Å². The second-order valence-corrected chi connectivity index (χ2v) is 3.01. The van der Waals surface area contributed by atoms with E-state index in [1.807, 2.05) is 36.4 Å². The molecule has 0 aliphatic rings. The normalized spacial score (nSPS) is 7.56. The lowest BCUT2D eigenvalue weighted by molar-refractivity contribution is 0.475. The van der Waals surface area contributed by atoms with Gasteiger partial charge in [-0.05, 0) is 12.1 Å². The van der Waals surface area contributed by atoms with Crippen LogP contribution in [0.5, 0.6) is 5.75 Å². The lowest BCUT2D eigenvalue weighted by Gasteiger charge is -1.89. The summed E-state index contributed by atoms with van der Waals surface area (Å²) in [6.45, 7) is 0. The molecule has 0 aromatic heterocycles. The van der Waals surface area contributed by atoms with Crippen molar-refractivity contribution >= 4 is 24.0 Å². The number of hydrogen-bond acceptors (Lipinski definition) is 1. The Morgan fingerprint density at radius 3 is 1.38 bits per heavy atom. The summed E-state index contributed by atoms with van der Waals surface area (Å²) in [5.41, 5.74) is 0. The van der Waals surface area contributed by atoms with Crippen molar-refractivity contribution in [3.05, 3.63) is 65.7 Å². The minimum atomic E-state index is 0. The largest absolute Gasteiger partial charge is 0.506 e. The maximum Gasteiger partial charge on any atom is 0.134 e. The van der Waals surface area contributed by atoms with Gasteiger partial charge in [-0.1, -0.05) is 60.1 Å². The molecular formula is C12H14Cl2O2. The van der Waals surface area contributed by atoms with Crippen molar-refractivity contribution in [2.45, 2.75) is 0 Å². The van der Waals surface area contributed by atoms with Crippen molar-refractivity contribution in [2.75, 3.05) is 0 Å². The highest BCUT2D eigenvalue weighted by Crippen LogP contribution is 2.20. The Bertz CT molecular complexity index is 319. The van der Waals surface area contributed by atoms with Gasteiger partial charge in [-0.25, -0.2) is 0 Å². The van der Waals surface area contributed by atoms with Gasteiger partial charge in [0.2, 0.25) is 0 Å². The van der Waals surface area contributed by atoms with E-state index in [9.17, 15) is 0 Å². The molecular weight excluding hydrogens is 247 g/mol. The summed E-state index contributed by atoms with van der Waals surface area (Å²) in [5, 5.41) is 9.18. The number of phenolic OH excluding ortho intramolecular Hbond substituents is 1. The van der Waals surface area contributed by atoms with Gasteiger partial charge in [0.05, 0.1) is 5.02 Å². The molecule has 0 bridgehead atoms. The lowest BCUT2D eigenvalue weighted by Crippen LogP contribution is -1.62. The van der Waals surface area contributed by atoms with Crippen LogP contribution in [0.3, 0.4) is 0 Å². The Kier molecular flexibility index (Phi) is 11.1. The summed E-state index contributed by atoms with van der Waals surface area (Å²) in [5.74, 6) is 0.133. The average molecular weight is 261 g/mol. The molecule has 4 heteroatoms. The lowest BCUT2D eigenvalue weighted by atomic mass is 10.3. The first kappa shape index (κ1) is 17.2. The van der Waals surface area contributed by atoms with Crippen molar-refractivity contribution in [1.29, 1.82) is 0 Å². The maximum absolute atomic E-state index is 8.79. The van der Waals surface area contributed by atoms with E-state index < -0.39 is 0 Å². The highest BCUT2D eigenvalue weighted by Gasteiger charge is 1.89. The molecule has 0 saturated heterocycles. The van der Waals surface area contributed by atoms with Gasteiger partial charge in [0.25, 0.3) is 0 Å². The van der Waals surface area contributed by atoms with E-state index in [4.69, 9.17) is 16.7 Å². The van der Waals surface area contributed by atoms with Gasteiger partial charge >= 0.3 is 0 Å². The van der Waals surface area contributed by atoms with Crippen molar-refractivity contribution < 1.29 is 10.6 Å².